The van der Waals surface area contributed by atoms with Gasteiger partial charge < -0.3 is 10.0 Å². The first-order chi connectivity index (χ1) is 18.7. The van der Waals surface area contributed by atoms with E-state index < -0.39 is 5.97 Å². The average molecular weight is 565 g/mol. The molecule has 0 bridgehead atoms. The molecule has 2 saturated heterocycles. The SMILES string of the molecule is CCn1c(N2CCC(Cc3ccccc3)CC2)c(C=C2SC(=S)N(CCCC(=O)O)C2=O)c(C)c(C#N)c1=O. The second-order valence-corrected chi connectivity index (χ2v) is 11.5. The van der Waals surface area contributed by atoms with Crippen LogP contribution in [0.3, 0.4) is 0 Å². The number of aromatic nitrogens is 1. The molecule has 8 nitrogen and oxygen atoms in total. The zero-order valence-corrected chi connectivity index (χ0v) is 23.8. The van der Waals surface area contributed by atoms with Gasteiger partial charge in [-0.15, -0.1) is 0 Å². The zero-order chi connectivity index (χ0) is 28.1. The van der Waals surface area contributed by atoms with Crippen LogP contribution in [0.5, 0.6) is 0 Å². The Kier molecular flexibility index (Phi) is 9.25. The van der Waals surface area contributed by atoms with Gasteiger partial charge in [-0.25, -0.2) is 0 Å². The van der Waals surface area contributed by atoms with E-state index in [2.05, 4.69) is 35.2 Å². The van der Waals surface area contributed by atoms with Crippen molar-refractivity contribution in [2.45, 2.75) is 52.5 Å². The van der Waals surface area contributed by atoms with Gasteiger partial charge in [-0.05, 0) is 62.7 Å². The number of anilines is 1. The van der Waals surface area contributed by atoms with Crippen molar-refractivity contribution in [3.05, 3.63) is 67.8 Å². The van der Waals surface area contributed by atoms with E-state index in [9.17, 15) is 19.6 Å². The fraction of sp³-hybridized carbons (Fsp3) is 0.414. The Morgan fingerprint density at radius 3 is 2.54 bits per heavy atom. The number of carboxylic acids is 1. The van der Waals surface area contributed by atoms with Crippen LogP contribution < -0.4 is 10.5 Å². The van der Waals surface area contributed by atoms with Crippen LogP contribution in [0.4, 0.5) is 5.82 Å². The highest BCUT2D eigenvalue weighted by Crippen LogP contribution is 2.37. The van der Waals surface area contributed by atoms with Crippen molar-refractivity contribution in [2.75, 3.05) is 24.5 Å². The average Bonchev–Trinajstić information content (AvgIpc) is 3.18. The first-order valence-electron chi connectivity index (χ1n) is 13.2. The van der Waals surface area contributed by atoms with Crippen LogP contribution in [-0.2, 0) is 22.6 Å². The molecule has 1 aromatic carbocycles. The number of carbonyl (C=O) groups excluding carboxylic acids is 1. The summed E-state index contributed by atoms with van der Waals surface area (Å²) in [7, 11) is 0. The number of thiocarbonyl (C=S) groups is 1. The molecule has 2 aliphatic rings. The number of hydrogen-bond acceptors (Lipinski definition) is 7. The normalized spacial score (nSPS) is 17.2. The lowest BCUT2D eigenvalue weighted by Crippen LogP contribution is -2.39. The Hall–Kier alpha value is -3.42. The van der Waals surface area contributed by atoms with Crippen LogP contribution in [0.1, 0.15) is 54.9 Å². The van der Waals surface area contributed by atoms with E-state index in [-0.39, 0.29) is 30.0 Å². The Bertz CT molecular complexity index is 1400. The lowest BCUT2D eigenvalue weighted by Gasteiger charge is -2.36. The predicted octanol–water partition coefficient (Wildman–Crippen LogP) is 4.57. The van der Waals surface area contributed by atoms with Crippen LogP contribution in [0, 0.1) is 24.2 Å². The first-order valence-corrected chi connectivity index (χ1v) is 14.4. The van der Waals surface area contributed by atoms with Crippen molar-refractivity contribution in [1.82, 2.24) is 9.47 Å². The van der Waals surface area contributed by atoms with Gasteiger partial charge in [0.2, 0.25) is 0 Å². The molecule has 2 aromatic rings. The summed E-state index contributed by atoms with van der Waals surface area (Å²) in [5.74, 6) is 0.0634. The molecule has 0 radical (unpaired) electrons. The van der Waals surface area contributed by atoms with Crippen molar-refractivity contribution < 1.29 is 14.7 Å². The molecule has 10 heteroatoms. The molecule has 2 fully saturated rings. The quantitative estimate of drug-likeness (QED) is 0.349. The summed E-state index contributed by atoms with van der Waals surface area (Å²) in [6, 6.07) is 12.5. The van der Waals surface area contributed by atoms with Gasteiger partial charge in [0.15, 0.2) is 0 Å². The van der Waals surface area contributed by atoms with E-state index in [1.807, 2.05) is 13.0 Å². The molecule has 204 valence electrons. The van der Waals surface area contributed by atoms with Gasteiger partial charge in [-0.2, -0.15) is 5.26 Å². The van der Waals surface area contributed by atoms with Crippen LogP contribution >= 0.6 is 24.0 Å². The summed E-state index contributed by atoms with van der Waals surface area (Å²) in [6.07, 6.45) is 4.96. The third-order valence-electron chi connectivity index (χ3n) is 7.37. The van der Waals surface area contributed by atoms with Gasteiger partial charge >= 0.3 is 5.97 Å². The lowest BCUT2D eigenvalue weighted by atomic mass is 9.90. The lowest BCUT2D eigenvalue weighted by molar-refractivity contribution is -0.137. The minimum absolute atomic E-state index is 0.0490. The van der Waals surface area contributed by atoms with Crippen molar-refractivity contribution >= 4 is 52.1 Å². The number of benzene rings is 1. The van der Waals surface area contributed by atoms with Crippen molar-refractivity contribution in [3.63, 3.8) is 0 Å². The molecule has 0 unspecified atom stereocenters. The van der Waals surface area contributed by atoms with Gasteiger partial charge in [-0.1, -0.05) is 54.3 Å². The molecule has 0 spiro atoms. The summed E-state index contributed by atoms with van der Waals surface area (Å²) in [5.41, 5.74) is 2.30. The fourth-order valence-corrected chi connectivity index (χ4v) is 6.58. The summed E-state index contributed by atoms with van der Waals surface area (Å²) in [6.45, 7) is 5.79. The molecule has 4 rings (SSSR count). The molecule has 3 heterocycles. The van der Waals surface area contributed by atoms with Gasteiger partial charge in [0.25, 0.3) is 11.5 Å². The highest BCUT2D eigenvalue weighted by atomic mass is 32.2. The zero-order valence-electron chi connectivity index (χ0n) is 22.2. The Morgan fingerprint density at radius 1 is 1.23 bits per heavy atom. The summed E-state index contributed by atoms with van der Waals surface area (Å²) in [5, 5.41) is 18.8. The predicted molar refractivity (Wildman–Crippen MR) is 158 cm³/mol. The van der Waals surface area contributed by atoms with Crippen molar-refractivity contribution in [3.8, 4) is 6.07 Å². The van der Waals surface area contributed by atoms with Gasteiger partial charge in [0.05, 0.1) is 4.91 Å². The number of aliphatic carboxylic acids is 1. The maximum Gasteiger partial charge on any atom is 0.303 e. The number of carboxylic acid groups (broad SMARTS) is 1. The monoisotopic (exact) mass is 564 g/mol. The van der Waals surface area contributed by atoms with Crippen LogP contribution in [-0.4, -0.2) is 50.4 Å². The van der Waals surface area contributed by atoms with E-state index in [0.29, 0.717) is 39.2 Å². The minimum Gasteiger partial charge on any atom is -0.481 e. The summed E-state index contributed by atoms with van der Waals surface area (Å²) < 4.78 is 2.02. The van der Waals surface area contributed by atoms with Gasteiger partial charge in [0, 0.05) is 38.2 Å². The minimum atomic E-state index is -0.922. The van der Waals surface area contributed by atoms with Crippen molar-refractivity contribution in [2.24, 2.45) is 5.92 Å². The molecular formula is C29H32N4O4S2. The van der Waals surface area contributed by atoms with E-state index in [1.165, 1.54) is 10.5 Å². The molecule has 0 atom stereocenters. The molecule has 1 aromatic heterocycles. The number of thioether (sulfide) groups is 1. The number of hydrogen-bond donors (Lipinski definition) is 1. The number of rotatable bonds is 9. The molecular weight excluding hydrogens is 532 g/mol. The molecule has 39 heavy (non-hydrogen) atoms. The Labute approximate surface area is 237 Å². The summed E-state index contributed by atoms with van der Waals surface area (Å²) >= 11 is 6.59. The highest BCUT2D eigenvalue weighted by Gasteiger charge is 2.33. The largest absolute Gasteiger partial charge is 0.481 e. The van der Waals surface area contributed by atoms with E-state index in [4.69, 9.17) is 17.3 Å². The third kappa shape index (κ3) is 6.26. The molecule has 0 aliphatic carbocycles. The maximum absolute atomic E-state index is 13.3. The second-order valence-electron chi connectivity index (χ2n) is 9.85. The van der Waals surface area contributed by atoms with E-state index in [1.54, 1.807) is 17.6 Å². The number of pyridine rings is 1. The van der Waals surface area contributed by atoms with Gasteiger partial charge in [0.1, 0.15) is 21.8 Å². The molecule has 2 aliphatic heterocycles. The number of nitriles is 1. The Morgan fingerprint density at radius 2 is 1.92 bits per heavy atom. The molecule has 1 N–H and O–H groups in total. The highest BCUT2D eigenvalue weighted by molar-refractivity contribution is 8.26. The molecule has 0 saturated carbocycles. The number of piperidine rings is 1. The third-order valence-corrected chi connectivity index (χ3v) is 8.74. The van der Waals surface area contributed by atoms with Crippen LogP contribution in [0.15, 0.2) is 40.0 Å². The number of amides is 1. The number of carbonyl (C=O) groups is 2. The molecule has 1 amide bonds. The maximum atomic E-state index is 13.3. The van der Waals surface area contributed by atoms with Gasteiger partial charge in [-0.3, -0.25) is 23.9 Å². The summed E-state index contributed by atoms with van der Waals surface area (Å²) in [4.78, 5) is 41.5. The van der Waals surface area contributed by atoms with Crippen molar-refractivity contribution in [1.29, 1.82) is 5.26 Å². The van der Waals surface area contributed by atoms with Crippen LogP contribution in [0.25, 0.3) is 6.08 Å². The van der Waals surface area contributed by atoms with Crippen LogP contribution in [0.2, 0.25) is 0 Å². The number of nitrogens with zero attached hydrogens (tertiary/aromatic N) is 4. The van der Waals surface area contributed by atoms with E-state index in [0.717, 1.165) is 49.9 Å². The fourth-order valence-electron chi connectivity index (χ4n) is 5.29. The first kappa shape index (κ1) is 28.6. The second kappa shape index (κ2) is 12.6. The standard InChI is InChI=1S/C29H32N4O4S2/c1-3-32-26(31-14-11-21(12-15-31)16-20-8-5-4-6-9-20)22(19(2)23(18-30)27(32)36)17-24-28(37)33(29(38)39-24)13-7-10-25(34)35/h4-6,8-9,17,21H,3,7,10-16H2,1-2H3,(H,34,35). The Balaban J connectivity index is 1.66. The smallest absolute Gasteiger partial charge is 0.303 e. The van der Waals surface area contributed by atoms with E-state index >= 15 is 0 Å². The topological polar surface area (TPSA) is 107 Å².